The Bertz CT molecular complexity index is 1170. The molecular weight excluding hydrogens is 489 g/mol. The number of carbonyl (C=O) groups is 1. The number of carbonyl (C=O) groups excluding carboxylic acids is 1. The molecule has 11 nitrogen and oxygen atoms in total. The van der Waals surface area contributed by atoms with Crippen LogP contribution < -0.4 is 20.9 Å². The summed E-state index contributed by atoms with van der Waals surface area (Å²) in [5.41, 5.74) is -1.30. The number of para-hydroxylation sites is 1. The second-order valence-electron chi connectivity index (χ2n) is 8.19. The molecule has 0 spiro atoms. The van der Waals surface area contributed by atoms with Crippen LogP contribution in [0.5, 0.6) is 5.75 Å². The highest BCUT2D eigenvalue weighted by Crippen LogP contribution is 2.51. The first-order chi connectivity index (χ1) is 15.9. The molecule has 186 valence electrons. The van der Waals surface area contributed by atoms with Gasteiger partial charge in [0.1, 0.15) is 22.8 Å². The van der Waals surface area contributed by atoms with Gasteiger partial charge in [-0.1, -0.05) is 18.2 Å². The summed E-state index contributed by atoms with van der Waals surface area (Å²) >= 11 is 6.73. The van der Waals surface area contributed by atoms with E-state index in [2.05, 4.69) is 10.1 Å². The van der Waals surface area contributed by atoms with E-state index in [4.69, 9.17) is 30.1 Å². The molecule has 1 aromatic carbocycles. The van der Waals surface area contributed by atoms with Crippen molar-refractivity contribution in [3.8, 4) is 5.75 Å². The van der Waals surface area contributed by atoms with E-state index < -0.39 is 48.2 Å². The number of halogens is 1. The highest BCUT2D eigenvalue weighted by Gasteiger charge is 2.52. The molecule has 2 aromatic rings. The van der Waals surface area contributed by atoms with Crippen LogP contribution in [-0.4, -0.2) is 45.3 Å². The van der Waals surface area contributed by atoms with E-state index >= 15 is 0 Å². The molecule has 13 heteroatoms. The molecule has 0 bridgehead atoms. The summed E-state index contributed by atoms with van der Waals surface area (Å²) in [5.74, 6) is -0.421. The maximum atomic E-state index is 13.8. The lowest BCUT2D eigenvalue weighted by molar-refractivity contribution is -0.149. The van der Waals surface area contributed by atoms with Crippen molar-refractivity contribution in [3.05, 3.63) is 63.4 Å². The fourth-order valence-corrected chi connectivity index (χ4v) is 5.34. The summed E-state index contributed by atoms with van der Waals surface area (Å²) in [6.45, 7) is 6.23. The van der Waals surface area contributed by atoms with Crippen molar-refractivity contribution in [3.63, 3.8) is 0 Å². The van der Waals surface area contributed by atoms with Crippen molar-refractivity contribution >= 4 is 25.3 Å². The molecule has 0 saturated carbocycles. The van der Waals surface area contributed by atoms with Crippen molar-refractivity contribution < 1.29 is 27.9 Å². The predicted molar refractivity (Wildman–Crippen MR) is 124 cm³/mol. The van der Waals surface area contributed by atoms with Crippen LogP contribution in [0.25, 0.3) is 0 Å². The van der Waals surface area contributed by atoms with Gasteiger partial charge in [-0.3, -0.25) is 23.7 Å². The Morgan fingerprint density at radius 3 is 2.56 bits per heavy atom. The zero-order chi connectivity index (χ0) is 25.1. The van der Waals surface area contributed by atoms with Gasteiger partial charge >= 0.3 is 19.4 Å². The zero-order valence-electron chi connectivity index (χ0n) is 19.1. The minimum atomic E-state index is -4.22. The normalized spacial score (nSPS) is 25.0. The number of alkyl halides is 1. The van der Waals surface area contributed by atoms with Crippen LogP contribution in [0.4, 0.5) is 0 Å². The van der Waals surface area contributed by atoms with Crippen LogP contribution >= 0.6 is 19.3 Å². The number of rotatable bonds is 9. The maximum absolute atomic E-state index is 13.8. The number of nitrogens with one attached hydrogen (secondary N) is 2. The topological polar surface area (TPSA) is 138 Å². The van der Waals surface area contributed by atoms with Gasteiger partial charge in [0.25, 0.3) is 5.56 Å². The van der Waals surface area contributed by atoms with Crippen molar-refractivity contribution in [2.45, 2.75) is 57.0 Å². The highest BCUT2D eigenvalue weighted by atomic mass is 35.5. The van der Waals surface area contributed by atoms with Crippen LogP contribution in [0.2, 0.25) is 0 Å². The summed E-state index contributed by atoms with van der Waals surface area (Å²) in [5, 5.41) is 2.59. The fraction of sp³-hybridized carbons (Fsp3) is 0.476. The predicted octanol–water partition coefficient (Wildman–Crippen LogP) is 2.56. The molecule has 2 heterocycles. The van der Waals surface area contributed by atoms with Gasteiger partial charge in [-0.2, -0.15) is 5.09 Å². The number of ether oxygens (including phenoxy) is 2. The number of aromatic nitrogens is 2. The number of nitrogens with zero attached hydrogens (tertiary/aromatic N) is 1. The molecule has 1 aliphatic heterocycles. The maximum Gasteiger partial charge on any atom is 0.459 e. The highest BCUT2D eigenvalue weighted by molar-refractivity contribution is 7.52. The van der Waals surface area contributed by atoms with Crippen LogP contribution in [0.3, 0.4) is 0 Å². The first kappa shape index (κ1) is 26.2. The first-order valence-corrected chi connectivity index (χ1v) is 12.5. The largest absolute Gasteiger partial charge is 0.462 e. The molecule has 0 amide bonds. The Balaban J connectivity index is 1.86. The number of hydrogen-bond acceptors (Lipinski definition) is 8. The summed E-state index contributed by atoms with van der Waals surface area (Å²) < 4.78 is 37.2. The quantitative estimate of drug-likeness (QED) is 0.293. The van der Waals surface area contributed by atoms with E-state index in [9.17, 15) is 18.9 Å². The number of aromatic amines is 1. The second kappa shape index (κ2) is 10.5. The lowest BCUT2D eigenvalue weighted by atomic mass is 10.1. The third-order valence-corrected chi connectivity index (χ3v) is 7.03. The van der Waals surface area contributed by atoms with Crippen LogP contribution in [0, 0.1) is 0 Å². The van der Waals surface area contributed by atoms with E-state index in [-0.39, 0.29) is 18.5 Å². The molecule has 0 radical (unpaired) electrons. The van der Waals surface area contributed by atoms with Crippen LogP contribution in [-0.2, 0) is 23.4 Å². The smallest absolute Gasteiger partial charge is 0.459 e. The van der Waals surface area contributed by atoms with Gasteiger partial charge in [-0.25, -0.2) is 9.36 Å². The van der Waals surface area contributed by atoms with Gasteiger partial charge in [-0.15, -0.1) is 11.6 Å². The molecule has 1 aromatic heterocycles. The van der Waals surface area contributed by atoms with Gasteiger partial charge in [-0.05, 0) is 39.8 Å². The number of H-pyrrole nitrogens is 1. The van der Waals surface area contributed by atoms with E-state index in [0.717, 1.165) is 10.6 Å². The second-order valence-corrected chi connectivity index (χ2v) is 10.6. The number of esters is 1. The molecule has 34 heavy (non-hydrogen) atoms. The Morgan fingerprint density at radius 2 is 1.94 bits per heavy atom. The zero-order valence-corrected chi connectivity index (χ0v) is 20.7. The summed E-state index contributed by atoms with van der Waals surface area (Å²) in [6, 6.07) is 8.36. The summed E-state index contributed by atoms with van der Waals surface area (Å²) in [7, 11) is -4.22. The molecule has 1 saturated heterocycles. The molecular formula is C21H27ClN3O8P. The van der Waals surface area contributed by atoms with Gasteiger partial charge < -0.3 is 14.0 Å². The van der Waals surface area contributed by atoms with Gasteiger partial charge in [0.05, 0.1) is 12.7 Å². The van der Waals surface area contributed by atoms with Crippen molar-refractivity contribution in [1.82, 2.24) is 14.6 Å². The third kappa shape index (κ3) is 6.17. The minimum Gasteiger partial charge on any atom is -0.462 e. The molecule has 1 unspecified atom stereocenters. The third-order valence-electron chi connectivity index (χ3n) is 4.91. The molecule has 5 atom stereocenters. The lowest BCUT2D eigenvalue weighted by Gasteiger charge is -2.31. The number of hydrogen-bond donors (Lipinski definition) is 2. The van der Waals surface area contributed by atoms with Crippen molar-refractivity contribution in [2.75, 3.05) is 6.61 Å². The van der Waals surface area contributed by atoms with Crippen LogP contribution in [0.1, 0.15) is 33.9 Å². The fourth-order valence-electron chi connectivity index (χ4n) is 3.25. The Hall–Kier alpha value is -2.43. The van der Waals surface area contributed by atoms with Gasteiger partial charge in [0, 0.05) is 12.3 Å². The molecule has 2 N–H and O–H groups in total. The Kier molecular flexibility index (Phi) is 8.05. The van der Waals surface area contributed by atoms with E-state index in [0.29, 0.717) is 0 Å². The van der Waals surface area contributed by atoms with Crippen molar-refractivity contribution in [1.29, 1.82) is 0 Å². The van der Waals surface area contributed by atoms with Crippen molar-refractivity contribution in [2.24, 2.45) is 0 Å². The molecule has 1 fully saturated rings. The lowest BCUT2D eigenvalue weighted by Crippen LogP contribution is -2.44. The molecule has 0 aliphatic carbocycles. The average Bonchev–Trinajstić information content (AvgIpc) is 3.01. The van der Waals surface area contributed by atoms with E-state index in [1.165, 1.54) is 20.0 Å². The summed E-state index contributed by atoms with van der Waals surface area (Å²) in [6.07, 6.45) is -1.21. The van der Waals surface area contributed by atoms with Crippen LogP contribution in [0.15, 0.2) is 52.2 Å². The first-order valence-electron chi connectivity index (χ1n) is 10.5. The Morgan fingerprint density at radius 1 is 1.26 bits per heavy atom. The Labute approximate surface area is 200 Å². The summed E-state index contributed by atoms with van der Waals surface area (Å²) in [4.78, 5) is 36.7. The van der Waals surface area contributed by atoms with E-state index in [1.54, 1.807) is 44.2 Å². The number of benzene rings is 1. The standard InChI is InChI=1S/C21H27ClN3O8P/c1-13(2)31-18(27)14(3)24-34(29,32-15-8-6-5-7-9-15)33-16-12-30-19(21(16,4)22)25-11-10-17(26)23-20(25)28/h5-11,13-14,16,19H,12H2,1-4H3,(H,24,29)(H,23,26,28)/t14-,16-,19-,21-,34?/m1/s1. The van der Waals surface area contributed by atoms with Gasteiger partial charge in [0.15, 0.2) is 6.23 Å². The monoisotopic (exact) mass is 515 g/mol. The van der Waals surface area contributed by atoms with Gasteiger partial charge in [0.2, 0.25) is 0 Å². The average molecular weight is 516 g/mol. The SMILES string of the molecule is CC(C)OC(=O)[C@@H](C)NP(=O)(Oc1ccccc1)O[C@@H]1CO[C@@H](n2ccc(=O)[nH]c2=O)[C@]1(C)Cl. The molecule has 1 aliphatic rings. The van der Waals surface area contributed by atoms with E-state index in [1.807, 2.05) is 0 Å². The minimum absolute atomic E-state index is 0.148. The molecule has 3 rings (SSSR count).